The molecule has 1 aliphatic carbocycles. The Morgan fingerprint density at radius 3 is 2.42 bits per heavy atom. The Balaban J connectivity index is 0.000000418. The lowest BCUT2D eigenvalue weighted by molar-refractivity contribution is -0.135. The van der Waals surface area contributed by atoms with Crippen LogP contribution >= 0.6 is 15.9 Å². The number of allylic oxidation sites excluding steroid dienone is 1. The summed E-state index contributed by atoms with van der Waals surface area (Å²) in [5, 5.41) is 10.9. The van der Waals surface area contributed by atoms with E-state index in [4.69, 9.17) is 0 Å². The number of aromatic nitrogens is 5. The van der Waals surface area contributed by atoms with Crippen molar-refractivity contribution >= 4 is 56.5 Å². The maximum atomic E-state index is 13.8. The number of carbonyl (C=O) groups is 4. The third kappa shape index (κ3) is 8.12. The second-order valence-electron chi connectivity index (χ2n) is 12.6. The second kappa shape index (κ2) is 15.8. The molecule has 2 unspecified atom stereocenters. The highest BCUT2D eigenvalue weighted by Crippen LogP contribution is 2.31. The lowest BCUT2D eigenvalue weighted by Crippen LogP contribution is -2.39. The highest BCUT2D eigenvalue weighted by Gasteiger charge is 2.36. The summed E-state index contributed by atoms with van der Waals surface area (Å²) in [5.41, 5.74) is 4.71. The molecule has 1 fully saturated rings. The number of nitrogens with zero attached hydrogens (tertiary/aromatic N) is 6. The van der Waals surface area contributed by atoms with E-state index in [1.165, 1.54) is 16.5 Å². The number of ketones is 1. The van der Waals surface area contributed by atoms with Crippen molar-refractivity contribution in [2.75, 3.05) is 25.5 Å². The van der Waals surface area contributed by atoms with Gasteiger partial charge in [0.2, 0.25) is 11.8 Å². The molecule has 0 radical (unpaired) electrons. The number of benzene rings is 1. The summed E-state index contributed by atoms with van der Waals surface area (Å²) in [7, 11) is 1.86. The fourth-order valence-electron chi connectivity index (χ4n) is 6.39. The molecular formula is C36H40BrFN8O4. The third-order valence-corrected chi connectivity index (χ3v) is 9.39. The number of fused-ring (bicyclic) bond motifs is 1. The van der Waals surface area contributed by atoms with Crippen molar-refractivity contribution in [2.45, 2.75) is 66.0 Å². The number of nitrogens with one attached hydrogen (secondary N) is 2. The zero-order valence-electron chi connectivity index (χ0n) is 28.7. The molecule has 2 N–H and O–H groups in total. The van der Waals surface area contributed by atoms with Crippen LogP contribution in [0.15, 0.2) is 52.7 Å². The highest BCUT2D eigenvalue weighted by molar-refractivity contribution is 9.10. The van der Waals surface area contributed by atoms with Gasteiger partial charge in [-0.3, -0.25) is 19.1 Å². The number of rotatable bonds is 9. The van der Waals surface area contributed by atoms with Crippen molar-refractivity contribution < 1.29 is 23.6 Å². The molecule has 2 atom stereocenters. The normalized spacial score (nSPS) is 17.1. The first-order valence-corrected chi connectivity index (χ1v) is 17.2. The first-order valence-electron chi connectivity index (χ1n) is 16.4. The van der Waals surface area contributed by atoms with E-state index in [1.54, 1.807) is 19.3 Å². The van der Waals surface area contributed by atoms with Crippen LogP contribution < -0.4 is 10.6 Å². The van der Waals surface area contributed by atoms with E-state index >= 15 is 0 Å². The minimum Gasteiger partial charge on any atom is -0.373 e. The number of hydrogen-bond acceptors (Lipinski definition) is 9. The summed E-state index contributed by atoms with van der Waals surface area (Å²) in [4.78, 5) is 64.3. The number of hydrogen-bond donors (Lipinski definition) is 2. The Bertz CT molecular complexity index is 1980. The molecule has 2 amide bonds. The van der Waals surface area contributed by atoms with Gasteiger partial charge in [-0.2, -0.15) is 5.10 Å². The van der Waals surface area contributed by atoms with Gasteiger partial charge in [-0.15, -0.1) is 0 Å². The minimum absolute atomic E-state index is 0.142. The van der Waals surface area contributed by atoms with E-state index in [0.29, 0.717) is 36.0 Å². The molecule has 0 bridgehead atoms. The number of aldehydes is 1. The molecule has 262 valence electrons. The van der Waals surface area contributed by atoms with Gasteiger partial charge in [0.05, 0.1) is 11.6 Å². The smallest absolute Gasteiger partial charge is 0.249 e. The van der Waals surface area contributed by atoms with E-state index in [2.05, 4.69) is 46.6 Å². The molecule has 1 aromatic carbocycles. The molecule has 50 heavy (non-hydrogen) atoms. The molecule has 6 rings (SSSR count). The number of halogens is 2. The van der Waals surface area contributed by atoms with Crippen LogP contribution in [-0.2, 0) is 20.9 Å². The van der Waals surface area contributed by atoms with Crippen LogP contribution in [0.2, 0.25) is 0 Å². The molecular weight excluding hydrogens is 707 g/mol. The van der Waals surface area contributed by atoms with Crippen molar-refractivity contribution in [3.63, 3.8) is 0 Å². The van der Waals surface area contributed by atoms with Gasteiger partial charge in [-0.05, 0) is 103 Å². The Labute approximate surface area is 298 Å². The molecule has 0 spiro atoms. The van der Waals surface area contributed by atoms with Crippen LogP contribution in [0.4, 0.5) is 10.2 Å². The predicted molar refractivity (Wildman–Crippen MR) is 191 cm³/mol. The largest absolute Gasteiger partial charge is 0.373 e. The van der Waals surface area contributed by atoms with Gasteiger partial charge in [-0.1, -0.05) is 6.07 Å². The van der Waals surface area contributed by atoms with Crippen molar-refractivity contribution in [2.24, 2.45) is 5.92 Å². The summed E-state index contributed by atoms with van der Waals surface area (Å²) in [6.45, 7) is 7.51. The van der Waals surface area contributed by atoms with Gasteiger partial charge in [0.25, 0.3) is 0 Å². The first-order chi connectivity index (χ1) is 23.9. The van der Waals surface area contributed by atoms with Crippen molar-refractivity contribution in [3.05, 3.63) is 75.3 Å². The Morgan fingerprint density at radius 2 is 1.80 bits per heavy atom. The topological polar surface area (TPSA) is 152 Å². The Hall–Kier alpha value is -4.85. The number of pyridine rings is 1. The lowest BCUT2D eigenvalue weighted by Gasteiger charge is -2.21. The van der Waals surface area contributed by atoms with Gasteiger partial charge in [0, 0.05) is 56.0 Å². The lowest BCUT2D eigenvalue weighted by atomic mass is 10.0. The SMILES string of the molecule is CC(=O)c1nn(CC(=O)N2CC(CNC(=O)C3=C(F)CCC3)CC2C=O)c2c(C)cc(-c3cnc(C)nc3)cc12.CNc1nc(Br)ccc1C. The maximum absolute atomic E-state index is 13.8. The van der Waals surface area contributed by atoms with Crippen LogP contribution in [0.25, 0.3) is 22.0 Å². The maximum Gasteiger partial charge on any atom is 0.249 e. The number of carbonyl (C=O) groups excluding carboxylic acids is 4. The number of Topliss-reactive ketones (excluding diaryl/α,β-unsaturated/α-hetero) is 1. The molecule has 4 aromatic rings. The van der Waals surface area contributed by atoms with Crippen LogP contribution in [0, 0.1) is 26.7 Å². The zero-order chi connectivity index (χ0) is 36.1. The first kappa shape index (κ1) is 36.4. The van der Waals surface area contributed by atoms with E-state index in [9.17, 15) is 23.6 Å². The van der Waals surface area contributed by atoms with Gasteiger partial charge < -0.3 is 20.3 Å². The van der Waals surface area contributed by atoms with Gasteiger partial charge in [0.15, 0.2) is 5.78 Å². The number of anilines is 1. The summed E-state index contributed by atoms with van der Waals surface area (Å²) >= 11 is 3.29. The number of amides is 2. The monoisotopic (exact) mass is 746 g/mol. The minimum atomic E-state index is -0.639. The summed E-state index contributed by atoms with van der Waals surface area (Å²) in [6, 6.07) is 7.10. The molecule has 2 aliphatic rings. The molecule has 14 heteroatoms. The summed E-state index contributed by atoms with van der Waals surface area (Å²) < 4.78 is 16.2. The number of likely N-dealkylation sites (tertiary alicyclic amines) is 1. The van der Waals surface area contributed by atoms with Crippen molar-refractivity contribution in [1.82, 2.24) is 34.9 Å². The van der Waals surface area contributed by atoms with Crippen LogP contribution in [0.1, 0.15) is 60.0 Å². The van der Waals surface area contributed by atoms with Crippen LogP contribution in [0.5, 0.6) is 0 Å². The zero-order valence-corrected chi connectivity index (χ0v) is 30.3. The molecule has 1 saturated heterocycles. The standard InChI is InChI=1S/C29H31FN6O4.C7H9BrN2/c1-16-7-20(21-11-31-18(3)32-12-21)9-24-27(17(2)38)34-36(28(16)24)14-26(39)35-13-19(8-22(35)15-37)10-33-29(40)23-5-4-6-25(23)30;1-5-3-4-6(8)10-7(5)9-2/h7,9,11-12,15,19,22H,4-6,8,10,13-14H2,1-3H3,(H,33,40);3-4H,1-2H3,(H,9,10). The van der Waals surface area contributed by atoms with Crippen molar-refractivity contribution in [1.29, 1.82) is 0 Å². The van der Waals surface area contributed by atoms with Crippen LogP contribution in [-0.4, -0.2) is 79.7 Å². The van der Waals surface area contributed by atoms with Gasteiger partial charge >= 0.3 is 0 Å². The Morgan fingerprint density at radius 1 is 1.06 bits per heavy atom. The number of aryl methyl sites for hydroxylation is 3. The third-order valence-electron chi connectivity index (χ3n) is 8.95. The molecule has 4 heterocycles. The second-order valence-corrected chi connectivity index (χ2v) is 13.4. The average Bonchev–Trinajstić information content (AvgIpc) is 3.82. The van der Waals surface area contributed by atoms with Crippen LogP contribution in [0.3, 0.4) is 0 Å². The summed E-state index contributed by atoms with van der Waals surface area (Å²) in [5.74, 6) is 0.102. The Kier molecular flexibility index (Phi) is 11.5. The molecule has 3 aromatic heterocycles. The van der Waals surface area contributed by atoms with Crippen molar-refractivity contribution in [3.8, 4) is 11.1 Å². The fourth-order valence-corrected chi connectivity index (χ4v) is 6.70. The average molecular weight is 748 g/mol. The van der Waals surface area contributed by atoms with Gasteiger partial charge in [-0.25, -0.2) is 19.3 Å². The van der Waals surface area contributed by atoms with E-state index in [1.807, 2.05) is 45.2 Å². The van der Waals surface area contributed by atoms with E-state index < -0.39 is 11.9 Å². The molecule has 12 nitrogen and oxygen atoms in total. The molecule has 0 saturated carbocycles. The van der Waals surface area contributed by atoms with E-state index in [0.717, 1.165) is 39.0 Å². The van der Waals surface area contributed by atoms with Gasteiger partial charge in [0.1, 0.15) is 40.6 Å². The highest BCUT2D eigenvalue weighted by atomic mass is 79.9. The quantitative estimate of drug-likeness (QED) is 0.130. The predicted octanol–water partition coefficient (Wildman–Crippen LogP) is 5.45. The van der Waals surface area contributed by atoms with E-state index in [-0.39, 0.29) is 60.8 Å². The summed E-state index contributed by atoms with van der Waals surface area (Å²) in [6.07, 6.45) is 5.91. The fraction of sp³-hybridized carbons (Fsp3) is 0.389. The molecule has 1 aliphatic heterocycles.